The van der Waals surface area contributed by atoms with Crippen molar-refractivity contribution >= 4 is 18.0 Å². The van der Waals surface area contributed by atoms with Gasteiger partial charge in [0.2, 0.25) is 0 Å². The Balaban J connectivity index is 2.20. The highest BCUT2D eigenvalue weighted by atomic mass is 32.2. The molecule has 2 heteroatoms. The molecule has 0 N–H and O–H groups in total. The molecule has 0 spiro atoms. The Kier molecular flexibility index (Phi) is 2.17. The van der Waals surface area contributed by atoms with Crippen LogP contribution in [0, 0.1) is 0 Å². The van der Waals surface area contributed by atoms with Crippen molar-refractivity contribution in [3.63, 3.8) is 0 Å². The van der Waals surface area contributed by atoms with Crippen molar-refractivity contribution < 1.29 is 4.79 Å². The minimum Gasteiger partial charge on any atom is -0.298 e. The van der Waals surface area contributed by atoms with Gasteiger partial charge in [-0.2, -0.15) is 0 Å². The molecule has 0 saturated heterocycles. The molecule has 1 aromatic rings. The second-order valence-corrected chi connectivity index (χ2v) is 4.32. The SMILES string of the molecule is O=Cc1ccccc1SC1CC1. The zero-order valence-electron chi connectivity index (χ0n) is 6.69. The van der Waals surface area contributed by atoms with Gasteiger partial charge in [-0.1, -0.05) is 18.2 Å². The van der Waals surface area contributed by atoms with Crippen LogP contribution >= 0.6 is 11.8 Å². The Bertz CT molecular complexity index is 292. The van der Waals surface area contributed by atoms with Gasteiger partial charge in [0.15, 0.2) is 6.29 Å². The first-order chi connectivity index (χ1) is 5.90. The minimum atomic E-state index is 0.770. The maximum atomic E-state index is 10.6. The lowest BCUT2D eigenvalue weighted by atomic mass is 10.2. The fraction of sp³-hybridized carbons (Fsp3) is 0.300. The van der Waals surface area contributed by atoms with Crippen LogP contribution in [0.1, 0.15) is 23.2 Å². The largest absolute Gasteiger partial charge is 0.298 e. The summed E-state index contributed by atoms with van der Waals surface area (Å²) in [4.78, 5) is 11.8. The average Bonchev–Trinajstić information content (AvgIpc) is 2.89. The fourth-order valence-corrected chi connectivity index (χ4v) is 2.19. The summed E-state index contributed by atoms with van der Waals surface area (Å²) in [6, 6.07) is 7.78. The van der Waals surface area contributed by atoms with Gasteiger partial charge < -0.3 is 0 Å². The highest BCUT2D eigenvalue weighted by Gasteiger charge is 2.23. The van der Waals surface area contributed by atoms with E-state index < -0.39 is 0 Å². The van der Waals surface area contributed by atoms with E-state index in [-0.39, 0.29) is 0 Å². The van der Waals surface area contributed by atoms with Crippen molar-refractivity contribution in [3.8, 4) is 0 Å². The highest BCUT2D eigenvalue weighted by Crippen LogP contribution is 2.39. The van der Waals surface area contributed by atoms with Crippen LogP contribution < -0.4 is 0 Å². The lowest BCUT2D eigenvalue weighted by molar-refractivity contribution is 0.112. The van der Waals surface area contributed by atoms with Crippen molar-refractivity contribution in [2.24, 2.45) is 0 Å². The van der Waals surface area contributed by atoms with Crippen LogP contribution in [-0.2, 0) is 0 Å². The first kappa shape index (κ1) is 7.87. The third-order valence-corrected chi connectivity index (χ3v) is 3.29. The number of carbonyl (C=O) groups is 1. The number of benzene rings is 1. The molecule has 0 radical (unpaired) electrons. The van der Waals surface area contributed by atoms with Crippen molar-refractivity contribution in [2.45, 2.75) is 23.0 Å². The van der Waals surface area contributed by atoms with Crippen molar-refractivity contribution in [1.82, 2.24) is 0 Å². The molecule has 1 saturated carbocycles. The molecule has 1 aliphatic carbocycles. The van der Waals surface area contributed by atoms with Crippen LogP contribution in [0.5, 0.6) is 0 Å². The third kappa shape index (κ3) is 1.69. The van der Waals surface area contributed by atoms with Gasteiger partial charge in [-0.25, -0.2) is 0 Å². The molecule has 1 aliphatic rings. The van der Waals surface area contributed by atoms with E-state index in [0.717, 1.165) is 22.0 Å². The maximum absolute atomic E-state index is 10.6. The van der Waals surface area contributed by atoms with Crippen LogP contribution in [-0.4, -0.2) is 11.5 Å². The average molecular weight is 178 g/mol. The quantitative estimate of drug-likeness (QED) is 0.662. The Labute approximate surface area is 76.2 Å². The van der Waals surface area contributed by atoms with E-state index in [2.05, 4.69) is 0 Å². The normalized spacial score (nSPS) is 16.0. The Morgan fingerprint density at radius 1 is 1.33 bits per heavy atom. The van der Waals surface area contributed by atoms with E-state index in [9.17, 15) is 4.79 Å². The smallest absolute Gasteiger partial charge is 0.151 e. The summed E-state index contributed by atoms with van der Waals surface area (Å²) in [6.07, 6.45) is 3.54. The van der Waals surface area contributed by atoms with Crippen LogP contribution in [0.15, 0.2) is 29.2 Å². The number of aldehydes is 1. The van der Waals surface area contributed by atoms with Gasteiger partial charge in [-0.3, -0.25) is 4.79 Å². The van der Waals surface area contributed by atoms with Crippen LogP contribution in [0.4, 0.5) is 0 Å². The standard InChI is InChI=1S/C10H10OS/c11-7-8-3-1-2-4-10(8)12-9-5-6-9/h1-4,7,9H,5-6H2. The molecule has 62 valence electrons. The molecule has 0 atom stereocenters. The molecule has 1 fully saturated rings. The van der Waals surface area contributed by atoms with Gasteiger partial charge in [0.1, 0.15) is 0 Å². The first-order valence-electron chi connectivity index (χ1n) is 4.11. The summed E-state index contributed by atoms with van der Waals surface area (Å²) >= 11 is 1.83. The van der Waals surface area contributed by atoms with Gasteiger partial charge in [0.05, 0.1) is 0 Å². The van der Waals surface area contributed by atoms with Crippen molar-refractivity contribution in [3.05, 3.63) is 29.8 Å². The maximum Gasteiger partial charge on any atom is 0.151 e. The fourth-order valence-electron chi connectivity index (χ4n) is 1.05. The Morgan fingerprint density at radius 3 is 2.75 bits per heavy atom. The summed E-state index contributed by atoms with van der Waals surface area (Å²) < 4.78 is 0. The van der Waals surface area contributed by atoms with Gasteiger partial charge in [0, 0.05) is 15.7 Å². The molecule has 0 aromatic heterocycles. The number of carbonyl (C=O) groups excluding carboxylic acids is 1. The number of hydrogen-bond acceptors (Lipinski definition) is 2. The van der Waals surface area contributed by atoms with Gasteiger partial charge in [0.25, 0.3) is 0 Å². The van der Waals surface area contributed by atoms with Crippen molar-refractivity contribution in [1.29, 1.82) is 0 Å². The van der Waals surface area contributed by atoms with E-state index in [1.54, 1.807) is 0 Å². The van der Waals surface area contributed by atoms with E-state index in [4.69, 9.17) is 0 Å². The molecule has 0 bridgehead atoms. The van der Waals surface area contributed by atoms with E-state index in [1.165, 1.54) is 12.8 Å². The zero-order valence-corrected chi connectivity index (χ0v) is 7.51. The van der Waals surface area contributed by atoms with E-state index >= 15 is 0 Å². The molecular formula is C10H10OS. The Hall–Kier alpha value is -0.760. The number of rotatable bonds is 3. The molecule has 1 nitrogen and oxygen atoms in total. The monoisotopic (exact) mass is 178 g/mol. The lowest BCUT2D eigenvalue weighted by Crippen LogP contribution is -1.84. The third-order valence-electron chi connectivity index (χ3n) is 1.86. The topological polar surface area (TPSA) is 17.1 Å². The van der Waals surface area contributed by atoms with Gasteiger partial charge in [-0.05, 0) is 18.9 Å². The van der Waals surface area contributed by atoms with Crippen molar-refractivity contribution in [2.75, 3.05) is 0 Å². The first-order valence-corrected chi connectivity index (χ1v) is 4.99. The zero-order chi connectivity index (χ0) is 8.39. The second kappa shape index (κ2) is 3.31. The minimum absolute atomic E-state index is 0.770. The number of hydrogen-bond donors (Lipinski definition) is 0. The molecular weight excluding hydrogens is 168 g/mol. The van der Waals surface area contributed by atoms with E-state index in [0.29, 0.717) is 0 Å². The van der Waals surface area contributed by atoms with Crippen LogP contribution in [0.25, 0.3) is 0 Å². The molecule has 12 heavy (non-hydrogen) atoms. The molecule has 0 unspecified atom stereocenters. The lowest BCUT2D eigenvalue weighted by Gasteiger charge is -2.01. The van der Waals surface area contributed by atoms with Crippen LogP contribution in [0.3, 0.4) is 0 Å². The predicted octanol–water partition coefficient (Wildman–Crippen LogP) is 2.75. The summed E-state index contributed by atoms with van der Waals surface area (Å²) in [7, 11) is 0. The number of thioether (sulfide) groups is 1. The predicted molar refractivity (Wildman–Crippen MR) is 50.7 cm³/mol. The summed E-state index contributed by atoms with van der Waals surface area (Å²) in [5.74, 6) is 0. The molecule has 1 aromatic carbocycles. The van der Waals surface area contributed by atoms with Crippen LogP contribution in [0.2, 0.25) is 0 Å². The van der Waals surface area contributed by atoms with Gasteiger partial charge in [-0.15, -0.1) is 11.8 Å². The Morgan fingerprint density at radius 2 is 2.08 bits per heavy atom. The van der Waals surface area contributed by atoms with E-state index in [1.807, 2.05) is 36.0 Å². The van der Waals surface area contributed by atoms with Gasteiger partial charge >= 0.3 is 0 Å². The molecule has 0 aliphatic heterocycles. The second-order valence-electron chi connectivity index (χ2n) is 2.97. The molecule has 0 amide bonds. The molecule has 0 heterocycles. The highest BCUT2D eigenvalue weighted by molar-refractivity contribution is 8.00. The molecule has 2 rings (SSSR count). The summed E-state index contributed by atoms with van der Waals surface area (Å²) in [6.45, 7) is 0. The summed E-state index contributed by atoms with van der Waals surface area (Å²) in [5.41, 5.74) is 0.828. The summed E-state index contributed by atoms with van der Waals surface area (Å²) in [5, 5.41) is 0.770.